The zero-order valence-corrected chi connectivity index (χ0v) is 18.8. The molecule has 7 nitrogen and oxygen atoms in total. The van der Waals surface area contributed by atoms with Crippen molar-refractivity contribution in [3.8, 4) is 16.9 Å². The third kappa shape index (κ3) is 8.84. The highest BCUT2D eigenvalue weighted by molar-refractivity contribution is 8.14. The van der Waals surface area contributed by atoms with Gasteiger partial charge in [-0.3, -0.25) is 19.2 Å². The van der Waals surface area contributed by atoms with Crippen molar-refractivity contribution in [1.82, 2.24) is 5.32 Å². The predicted octanol–water partition coefficient (Wildman–Crippen LogP) is 3.74. The largest absolute Gasteiger partial charge is 0.471 e. The Morgan fingerprint density at radius 1 is 1.12 bits per heavy atom. The number of nitrogens with one attached hydrogen (secondary N) is 1. The maximum Gasteiger partial charge on any atom is 0.308 e. The lowest BCUT2D eigenvalue weighted by molar-refractivity contribution is -0.132. The Labute approximate surface area is 188 Å². The lowest BCUT2D eigenvalue weighted by Crippen LogP contribution is -2.32. The van der Waals surface area contributed by atoms with Gasteiger partial charge < -0.3 is 14.8 Å². The fraction of sp³-hybridized carbons (Fsp3) is 0.273. The molecular weight excluding hydrogens is 444 g/mol. The summed E-state index contributed by atoms with van der Waals surface area (Å²) in [7, 11) is 1.31. The second kappa shape index (κ2) is 13.2. The van der Waals surface area contributed by atoms with Gasteiger partial charge in [0.25, 0.3) is 6.47 Å². The van der Waals surface area contributed by atoms with Crippen LogP contribution in [0.2, 0.25) is 0 Å². The van der Waals surface area contributed by atoms with Gasteiger partial charge in [0.1, 0.15) is 17.4 Å². The van der Waals surface area contributed by atoms with Gasteiger partial charge in [0.2, 0.25) is 11.0 Å². The topological polar surface area (TPSA) is 98.8 Å². The van der Waals surface area contributed by atoms with Crippen LogP contribution in [0.5, 0.6) is 5.75 Å². The fourth-order valence-electron chi connectivity index (χ4n) is 2.49. The smallest absolute Gasteiger partial charge is 0.308 e. The number of rotatable bonds is 7. The van der Waals surface area contributed by atoms with Crippen LogP contribution >= 0.6 is 11.8 Å². The summed E-state index contributed by atoms with van der Waals surface area (Å²) in [6.07, 6.45) is 0. The molecule has 0 heterocycles. The maximum atomic E-state index is 14.1. The molecule has 2 rings (SSSR count). The van der Waals surface area contributed by atoms with E-state index in [4.69, 9.17) is 9.53 Å². The molecule has 1 atom stereocenters. The molecule has 0 aliphatic carbocycles. The van der Waals surface area contributed by atoms with E-state index in [-0.39, 0.29) is 28.8 Å². The number of amides is 1. The Hall–Kier alpha value is -3.27. The van der Waals surface area contributed by atoms with Crippen molar-refractivity contribution in [1.29, 1.82) is 0 Å². The van der Waals surface area contributed by atoms with Gasteiger partial charge in [-0.05, 0) is 36.8 Å². The maximum absolute atomic E-state index is 14.1. The van der Waals surface area contributed by atoms with E-state index >= 15 is 0 Å². The predicted molar refractivity (Wildman–Crippen MR) is 116 cm³/mol. The molecule has 1 unspecified atom stereocenters. The third-order valence-electron chi connectivity index (χ3n) is 3.71. The molecule has 32 heavy (non-hydrogen) atoms. The zero-order chi connectivity index (χ0) is 24.3. The lowest BCUT2D eigenvalue weighted by atomic mass is 10.0. The van der Waals surface area contributed by atoms with Crippen molar-refractivity contribution in [2.75, 3.05) is 12.9 Å². The number of carbonyl (C=O) groups is 4. The van der Waals surface area contributed by atoms with Crippen LogP contribution in [-0.4, -0.2) is 42.4 Å². The Balaban J connectivity index is 0.00000118. The van der Waals surface area contributed by atoms with Crippen molar-refractivity contribution in [3.05, 3.63) is 53.6 Å². The molecule has 0 bridgehead atoms. The second-order valence-corrected chi connectivity index (χ2v) is 7.45. The summed E-state index contributed by atoms with van der Waals surface area (Å²) in [5.74, 6) is -1.96. The normalized spacial score (nSPS) is 10.8. The van der Waals surface area contributed by atoms with Gasteiger partial charge in [0.05, 0.1) is 12.7 Å². The molecule has 0 aliphatic rings. The number of thioether (sulfide) groups is 1. The Kier molecular flexibility index (Phi) is 11.0. The SMILES string of the molecule is CC(=O)NC(C)CSC(=O)c1cc(-c2ccc(F)cc2F)ccc1OC(C)=O.COC=O. The van der Waals surface area contributed by atoms with Gasteiger partial charge in [-0.15, -0.1) is 0 Å². The number of esters is 1. The van der Waals surface area contributed by atoms with E-state index in [0.717, 1.165) is 23.9 Å². The molecule has 10 heteroatoms. The zero-order valence-electron chi connectivity index (χ0n) is 17.9. The van der Waals surface area contributed by atoms with E-state index in [1.54, 1.807) is 6.92 Å². The van der Waals surface area contributed by atoms with E-state index in [0.29, 0.717) is 17.8 Å². The molecule has 2 aromatic rings. The van der Waals surface area contributed by atoms with E-state index in [1.165, 1.54) is 45.2 Å². The van der Waals surface area contributed by atoms with E-state index in [2.05, 4.69) is 10.1 Å². The molecule has 172 valence electrons. The number of hydrogen-bond donors (Lipinski definition) is 1. The number of carbonyl (C=O) groups excluding carboxylic acids is 4. The van der Waals surface area contributed by atoms with E-state index < -0.39 is 22.7 Å². The van der Waals surface area contributed by atoms with Gasteiger partial charge in [-0.1, -0.05) is 17.8 Å². The summed E-state index contributed by atoms with van der Waals surface area (Å²) < 4.78 is 36.2. The average Bonchev–Trinajstić information content (AvgIpc) is 2.72. The molecule has 0 saturated heterocycles. The van der Waals surface area contributed by atoms with Crippen LogP contribution in [-0.2, 0) is 19.1 Å². The highest BCUT2D eigenvalue weighted by atomic mass is 32.2. The number of methoxy groups -OCH3 is 1. The van der Waals surface area contributed by atoms with Gasteiger partial charge in [-0.2, -0.15) is 0 Å². The van der Waals surface area contributed by atoms with Crippen LogP contribution in [0.3, 0.4) is 0 Å². The first-order valence-corrected chi connectivity index (χ1v) is 10.3. The monoisotopic (exact) mass is 467 g/mol. The van der Waals surface area contributed by atoms with Crippen LogP contribution in [0.4, 0.5) is 8.78 Å². The molecule has 0 aromatic heterocycles. The van der Waals surface area contributed by atoms with Gasteiger partial charge in [0, 0.05) is 37.3 Å². The lowest BCUT2D eigenvalue weighted by Gasteiger charge is -2.13. The van der Waals surface area contributed by atoms with Crippen LogP contribution < -0.4 is 10.1 Å². The number of benzene rings is 2. The van der Waals surface area contributed by atoms with Gasteiger partial charge in [0.15, 0.2) is 0 Å². The second-order valence-electron chi connectivity index (χ2n) is 6.46. The molecule has 2 aromatic carbocycles. The summed E-state index contributed by atoms with van der Waals surface area (Å²) in [6.45, 7) is 4.70. The number of hydrogen-bond acceptors (Lipinski definition) is 7. The van der Waals surface area contributed by atoms with E-state index in [1.807, 2.05) is 0 Å². The molecule has 0 saturated carbocycles. The quantitative estimate of drug-likeness (QED) is 0.376. The molecule has 0 radical (unpaired) electrons. The van der Waals surface area contributed by atoms with Crippen molar-refractivity contribution in [3.63, 3.8) is 0 Å². The molecule has 0 fully saturated rings. The van der Waals surface area contributed by atoms with Crippen molar-refractivity contribution < 1.29 is 37.4 Å². The summed E-state index contributed by atoms with van der Waals surface area (Å²) >= 11 is 0.933. The summed E-state index contributed by atoms with van der Waals surface area (Å²) in [6, 6.07) is 7.16. The molecule has 0 spiro atoms. The Bertz CT molecular complexity index is 983. The van der Waals surface area contributed by atoms with Crippen LogP contribution in [0.1, 0.15) is 31.1 Å². The Morgan fingerprint density at radius 3 is 2.31 bits per heavy atom. The Morgan fingerprint density at radius 2 is 1.78 bits per heavy atom. The number of ether oxygens (including phenoxy) is 2. The summed E-state index contributed by atoms with van der Waals surface area (Å²) in [4.78, 5) is 44.0. The highest BCUT2D eigenvalue weighted by Gasteiger charge is 2.19. The van der Waals surface area contributed by atoms with E-state index in [9.17, 15) is 23.2 Å². The fourth-order valence-corrected chi connectivity index (χ4v) is 3.29. The molecule has 1 amide bonds. The third-order valence-corrected chi connectivity index (χ3v) is 4.85. The minimum atomic E-state index is -0.773. The summed E-state index contributed by atoms with van der Waals surface area (Å²) in [5.41, 5.74) is 0.533. The first-order valence-electron chi connectivity index (χ1n) is 9.27. The van der Waals surface area contributed by atoms with Crippen LogP contribution in [0.15, 0.2) is 36.4 Å². The first-order chi connectivity index (χ1) is 15.1. The van der Waals surface area contributed by atoms with Crippen molar-refractivity contribution in [2.24, 2.45) is 0 Å². The standard InChI is InChI=1S/C20H19F2NO4S.C2H4O2/c1-11(23-12(2)24)10-28-20(26)17-8-14(4-7-19(17)27-13(3)25)16-6-5-15(21)9-18(16)22;1-4-2-3/h4-9,11H,10H2,1-3H3,(H,23,24);2H,1H3. The minimum absolute atomic E-state index is 0.0449. The molecule has 0 aliphatic heterocycles. The average molecular weight is 467 g/mol. The molecule has 1 N–H and O–H groups in total. The van der Waals surface area contributed by atoms with Gasteiger partial charge >= 0.3 is 5.97 Å². The summed E-state index contributed by atoms with van der Waals surface area (Å²) in [5, 5.41) is 2.26. The first kappa shape index (κ1) is 26.8. The minimum Gasteiger partial charge on any atom is -0.471 e. The molecular formula is C22H23F2NO6S. The highest BCUT2D eigenvalue weighted by Crippen LogP contribution is 2.31. The number of halogens is 2. The van der Waals surface area contributed by atoms with Crippen LogP contribution in [0.25, 0.3) is 11.1 Å². The van der Waals surface area contributed by atoms with Crippen molar-refractivity contribution in [2.45, 2.75) is 26.8 Å². The van der Waals surface area contributed by atoms with Crippen LogP contribution in [0, 0.1) is 11.6 Å². The van der Waals surface area contributed by atoms with Gasteiger partial charge in [-0.25, -0.2) is 8.78 Å². The van der Waals surface area contributed by atoms with Crippen molar-refractivity contribution >= 4 is 35.2 Å².